The zero-order valence-electron chi connectivity index (χ0n) is 56.3. The molecule has 0 saturated heterocycles. The molecule has 100 heavy (non-hydrogen) atoms. The molecule has 5 aliphatic heterocycles. The number of aryl methyl sites for hydroxylation is 8. The van der Waals surface area contributed by atoms with Crippen LogP contribution in [0.5, 0.6) is 40.2 Å². The molecule has 4 atom stereocenters. The van der Waals surface area contributed by atoms with Crippen LogP contribution in [0.3, 0.4) is 0 Å². The van der Waals surface area contributed by atoms with Crippen LogP contribution in [0.1, 0.15) is 118 Å². The monoisotopic (exact) mass is 1360 g/mol. The van der Waals surface area contributed by atoms with Gasteiger partial charge < -0.3 is 67.6 Å². The van der Waals surface area contributed by atoms with Crippen molar-refractivity contribution in [2.24, 2.45) is 0 Å². The number of aliphatic hydroxyl groups excluding tert-OH is 4. The summed E-state index contributed by atoms with van der Waals surface area (Å²) in [4.78, 5) is 67.7. The van der Waals surface area contributed by atoms with E-state index in [4.69, 9.17) is 47.1 Å². The van der Waals surface area contributed by atoms with Crippen LogP contribution in [0.15, 0.2) is 210 Å². The number of aromatic hydroxyl groups is 2. The summed E-state index contributed by atoms with van der Waals surface area (Å²) in [5.41, 5.74) is 12.7. The van der Waals surface area contributed by atoms with Crippen molar-refractivity contribution < 1.29 is 82.0 Å². The number of carbonyl (C=O) groups excluding carboxylic acids is 3. The second kappa shape index (κ2) is 33.2. The minimum atomic E-state index is -1.01. The van der Waals surface area contributed by atoms with Crippen molar-refractivity contribution in [3.63, 3.8) is 0 Å². The number of aliphatic hydroxyl groups is 4. The van der Waals surface area contributed by atoms with Crippen LogP contribution < -0.4 is 40.2 Å². The molecule has 0 saturated carbocycles. The third-order valence-corrected chi connectivity index (χ3v) is 15.9. The Kier molecular flexibility index (Phi) is 24.2. The van der Waals surface area contributed by atoms with Gasteiger partial charge in [0.05, 0.1) is 77.2 Å². The molecule has 4 unspecified atom stereocenters. The highest BCUT2D eigenvalue weighted by Crippen LogP contribution is 2.34. The standard InChI is InChI=1S/C10H10O3.C10H8O3.C10H10O3.C10H8O3.C10H12O2.2C10H10O2.C10H8O2/c2*1-6-2-3-9-7(4-6)10(12)8(11)5-13-9;2*1-6-2-3-9-7(4-6)8(11)5-10(12)13-9;4*1-7-2-3-10-8(6-7)9(11)4-5-12-10/h2-4,8,11H,5H2,1H3;2-5,11H,1H3;2-4,10,12H,5H2,1H3;2-5,11H,1H3;2-3,6,9,11H,4-5H2,1H3;2-3,6H,4-5H2,1H3;2-6,9,11H,1H3;2-6H,1H3. The van der Waals surface area contributed by atoms with E-state index in [1.165, 1.54) is 24.2 Å². The van der Waals surface area contributed by atoms with Gasteiger partial charge in [-0.1, -0.05) is 93.0 Å². The average molecular weight is 1360 g/mol. The SMILES string of the molecule is Cc1ccc2c(c1)C(=O)C(O)CO2.Cc1ccc2c(c1)C(=O)CC(O)O2.Cc1ccc2c(c1)C(=O)CCO2.Cc1ccc2c(c1)C(O)C=CO2.Cc1ccc2c(c1)C(O)CCO2.Cc1ccc2oc(=O)cc(O)c2c1.Cc1ccc2occ(O)c(=O)c2c1.Cc1ccc2occc(=O)c2c1. The number of hydrogen-bond acceptors (Lipinski definition) is 20. The minimum absolute atomic E-state index is 0.0138. The predicted octanol–water partition coefficient (Wildman–Crippen LogP) is 13.6. The summed E-state index contributed by atoms with van der Waals surface area (Å²) in [6, 6.07) is 46.7. The third-order valence-electron chi connectivity index (χ3n) is 15.9. The number of carbonyl (C=O) groups is 3. The van der Waals surface area contributed by atoms with Gasteiger partial charge in [-0.15, -0.1) is 0 Å². The van der Waals surface area contributed by atoms with E-state index in [2.05, 4.69) is 0 Å². The van der Waals surface area contributed by atoms with Gasteiger partial charge in [0.25, 0.3) is 0 Å². The first-order valence-electron chi connectivity index (χ1n) is 32.0. The van der Waals surface area contributed by atoms with Crippen molar-refractivity contribution in [2.45, 2.75) is 99.3 Å². The van der Waals surface area contributed by atoms with Crippen molar-refractivity contribution in [3.05, 3.63) is 286 Å². The fourth-order valence-electron chi connectivity index (χ4n) is 10.7. The van der Waals surface area contributed by atoms with E-state index < -0.39 is 24.1 Å². The van der Waals surface area contributed by atoms with E-state index in [-0.39, 0.29) is 58.8 Å². The van der Waals surface area contributed by atoms with Crippen LogP contribution in [0.4, 0.5) is 0 Å². The lowest BCUT2D eigenvalue weighted by Crippen LogP contribution is -2.32. The highest BCUT2D eigenvalue weighted by molar-refractivity contribution is 6.03. The summed E-state index contributed by atoms with van der Waals surface area (Å²) in [5, 5.41) is 57.7. The quantitative estimate of drug-likeness (QED) is 0.0769. The summed E-state index contributed by atoms with van der Waals surface area (Å²) >= 11 is 0. The lowest BCUT2D eigenvalue weighted by molar-refractivity contribution is -0.0246. The first kappa shape index (κ1) is 72.8. The maximum Gasteiger partial charge on any atom is 0.339 e. The van der Waals surface area contributed by atoms with Crippen molar-refractivity contribution in [3.8, 4) is 40.2 Å². The molecule has 5 aliphatic rings. The molecule has 0 radical (unpaired) electrons. The molecule has 8 aromatic carbocycles. The number of Topliss-reactive ketones (excluding diaryl/α,β-unsaturated/α-hetero) is 3. The summed E-state index contributed by atoms with van der Waals surface area (Å²) in [7, 11) is 0. The number of hydrogen-bond donors (Lipinski definition) is 6. The lowest BCUT2D eigenvalue weighted by atomic mass is 10.0. The number of rotatable bonds is 0. The zero-order chi connectivity index (χ0) is 71.9. The van der Waals surface area contributed by atoms with Crippen LogP contribution in [0.2, 0.25) is 0 Å². The van der Waals surface area contributed by atoms with E-state index in [9.17, 15) is 49.2 Å². The Balaban J connectivity index is 0.000000133. The molecule has 20 nitrogen and oxygen atoms in total. The Morgan fingerprint density at radius 2 is 0.940 bits per heavy atom. The van der Waals surface area contributed by atoms with Gasteiger partial charge in [0.15, 0.2) is 34.6 Å². The maximum absolute atomic E-state index is 11.4. The fraction of sp³-hybridized carbons (Fsp3) is 0.225. The Bertz CT molecular complexity index is 5010. The van der Waals surface area contributed by atoms with E-state index >= 15 is 0 Å². The Morgan fingerprint density at radius 3 is 1.60 bits per heavy atom. The first-order valence-corrected chi connectivity index (χ1v) is 32.0. The molecule has 8 heterocycles. The third kappa shape index (κ3) is 19.0. The smallest absolute Gasteiger partial charge is 0.339 e. The number of benzene rings is 8. The molecule has 3 aromatic heterocycles. The molecule has 0 bridgehead atoms. The Morgan fingerprint density at radius 1 is 0.430 bits per heavy atom. The molecule has 0 fully saturated rings. The first-order chi connectivity index (χ1) is 47.8. The molecule has 16 rings (SSSR count). The van der Waals surface area contributed by atoms with Gasteiger partial charge in [0.1, 0.15) is 70.2 Å². The Hall–Kier alpha value is -11.4. The van der Waals surface area contributed by atoms with Gasteiger partial charge in [0.2, 0.25) is 11.7 Å². The van der Waals surface area contributed by atoms with Gasteiger partial charge in [-0.05, 0) is 159 Å². The van der Waals surface area contributed by atoms with Gasteiger partial charge in [-0.2, -0.15) is 0 Å². The van der Waals surface area contributed by atoms with Crippen molar-refractivity contribution in [1.82, 2.24) is 0 Å². The van der Waals surface area contributed by atoms with Crippen LogP contribution in [-0.2, 0) is 0 Å². The zero-order valence-corrected chi connectivity index (χ0v) is 56.3. The molecule has 0 spiro atoms. The molecular weight excluding hydrogens is 1280 g/mol. The molecule has 6 N–H and O–H groups in total. The van der Waals surface area contributed by atoms with Crippen LogP contribution in [0.25, 0.3) is 32.9 Å². The number of ether oxygens (including phenoxy) is 5. The van der Waals surface area contributed by atoms with Gasteiger partial charge in [0, 0.05) is 30.0 Å². The molecular formula is C80H76O20. The maximum atomic E-state index is 11.4. The predicted molar refractivity (Wildman–Crippen MR) is 377 cm³/mol. The van der Waals surface area contributed by atoms with E-state index in [1.807, 2.05) is 152 Å². The van der Waals surface area contributed by atoms with Crippen LogP contribution in [0, 0.1) is 55.4 Å². The summed E-state index contributed by atoms with van der Waals surface area (Å²) in [5.74, 6) is 2.87. The highest BCUT2D eigenvalue weighted by Gasteiger charge is 2.27. The fourth-order valence-corrected chi connectivity index (χ4v) is 10.7. The van der Waals surface area contributed by atoms with Crippen LogP contribution in [-0.4, -0.2) is 80.2 Å². The normalized spacial score (nSPS) is 16.2. The highest BCUT2D eigenvalue weighted by atomic mass is 16.6. The van der Waals surface area contributed by atoms with Gasteiger partial charge in [-0.3, -0.25) is 24.0 Å². The largest absolute Gasteiger partial charge is 0.507 e. The average Bonchev–Trinajstić information content (AvgIpc) is 0.810. The number of ketones is 3. The Labute approximate surface area is 574 Å². The van der Waals surface area contributed by atoms with Crippen molar-refractivity contribution in [1.29, 1.82) is 0 Å². The summed E-state index contributed by atoms with van der Waals surface area (Å²) in [6.07, 6.45) is 4.03. The number of fused-ring (bicyclic) bond motifs is 8. The van der Waals surface area contributed by atoms with Gasteiger partial charge in [-0.25, -0.2) is 4.79 Å². The van der Waals surface area contributed by atoms with E-state index in [0.717, 1.165) is 85.2 Å². The molecule has 0 amide bonds. The molecule has 11 aromatic rings. The lowest BCUT2D eigenvalue weighted by Gasteiger charge is -2.22. The second-order valence-corrected chi connectivity index (χ2v) is 24.2. The minimum Gasteiger partial charge on any atom is -0.507 e. The molecule has 0 aliphatic carbocycles. The van der Waals surface area contributed by atoms with Crippen molar-refractivity contribution >= 4 is 50.3 Å². The second-order valence-electron chi connectivity index (χ2n) is 24.2. The van der Waals surface area contributed by atoms with Crippen LogP contribution >= 0.6 is 0 Å². The van der Waals surface area contributed by atoms with Crippen molar-refractivity contribution in [2.75, 3.05) is 19.8 Å². The molecule has 20 heteroatoms. The summed E-state index contributed by atoms with van der Waals surface area (Å²) in [6.45, 7) is 16.7. The topological polar surface area (TPSA) is 309 Å². The summed E-state index contributed by atoms with van der Waals surface area (Å²) < 4.78 is 41.3. The molecule has 516 valence electrons. The van der Waals surface area contributed by atoms with Gasteiger partial charge >= 0.3 is 5.63 Å². The van der Waals surface area contributed by atoms with E-state index in [1.54, 1.807) is 54.6 Å². The van der Waals surface area contributed by atoms with E-state index in [0.29, 0.717) is 81.6 Å².